The molecule has 28 heavy (non-hydrogen) atoms. The van der Waals surface area contributed by atoms with Crippen LogP contribution in [0.5, 0.6) is 11.5 Å². The molecule has 3 heterocycles. The van der Waals surface area contributed by atoms with Gasteiger partial charge in [-0.3, -0.25) is 20.1 Å². The summed E-state index contributed by atoms with van der Waals surface area (Å²) >= 11 is 1.70. The first-order chi connectivity index (χ1) is 13.5. The lowest BCUT2D eigenvalue weighted by Gasteiger charge is -2.32. The van der Waals surface area contributed by atoms with Gasteiger partial charge in [-0.15, -0.1) is 0 Å². The third-order valence-electron chi connectivity index (χ3n) is 5.16. The summed E-state index contributed by atoms with van der Waals surface area (Å²) in [6.07, 6.45) is 2.66. The van der Waals surface area contributed by atoms with Crippen molar-refractivity contribution in [3.05, 3.63) is 57.9 Å². The van der Waals surface area contributed by atoms with Crippen molar-refractivity contribution in [3.8, 4) is 11.5 Å². The highest BCUT2D eigenvalue weighted by Gasteiger charge is 2.46. The summed E-state index contributed by atoms with van der Waals surface area (Å²) in [5.41, 5.74) is 1.11. The number of amidine groups is 1. The maximum Gasteiger partial charge on any atom is 0.315 e. The number of fused-ring (bicyclic) bond motifs is 1. The Balaban J connectivity index is 1.87. The van der Waals surface area contributed by atoms with Gasteiger partial charge in [0.1, 0.15) is 6.04 Å². The van der Waals surface area contributed by atoms with E-state index >= 15 is 0 Å². The summed E-state index contributed by atoms with van der Waals surface area (Å²) in [5.74, 6) is 0.544. The van der Waals surface area contributed by atoms with E-state index < -0.39 is 10.7 Å². The number of pyridine rings is 1. The van der Waals surface area contributed by atoms with Crippen LogP contribution in [0.4, 0.5) is 5.69 Å². The van der Waals surface area contributed by atoms with E-state index in [1.807, 2.05) is 18.2 Å². The van der Waals surface area contributed by atoms with E-state index in [1.165, 1.54) is 13.2 Å². The molecule has 0 unspecified atom stereocenters. The first-order valence-corrected chi connectivity index (χ1v) is 9.98. The van der Waals surface area contributed by atoms with Crippen molar-refractivity contribution in [2.75, 3.05) is 12.9 Å². The molecule has 8 nitrogen and oxygen atoms in total. The van der Waals surface area contributed by atoms with E-state index in [0.717, 1.165) is 23.0 Å². The predicted octanol–water partition coefficient (Wildman–Crippen LogP) is 3.68. The number of hydrogen-bond acceptors (Lipinski definition) is 8. The van der Waals surface area contributed by atoms with Crippen LogP contribution in [0.25, 0.3) is 0 Å². The molecule has 0 saturated carbocycles. The smallest absolute Gasteiger partial charge is 0.315 e. The van der Waals surface area contributed by atoms with Crippen molar-refractivity contribution in [1.82, 2.24) is 9.88 Å². The van der Waals surface area contributed by atoms with E-state index in [4.69, 9.17) is 9.73 Å². The molecule has 2 aliphatic rings. The SMILES string of the molecule is CC[C@H]1CSC2=N[C@@H](c3ccccn3)[C@@H](c3cc(OC)c(O)c([N+](=O)[O-])c3)N21. The monoisotopic (exact) mass is 400 g/mol. The fourth-order valence-corrected chi connectivity index (χ4v) is 5.13. The van der Waals surface area contributed by atoms with Crippen molar-refractivity contribution >= 4 is 22.6 Å². The van der Waals surface area contributed by atoms with Gasteiger partial charge in [-0.05, 0) is 30.2 Å². The van der Waals surface area contributed by atoms with Gasteiger partial charge in [0.2, 0.25) is 5.75 Å². The standard InChI is InChI=1S/C19H20N4O4S/c1-3-12-10-28-19-21-16(13-6-4-5-7-20-13)17(22(12)19)11-8-14(23(25)26)18(24)15(9-11)27-2/h4-9,12,16-17,24H,3,10H2,1-2H3/t12-,16-,17+/m0/s1. The molecule has 0 spiro atoms. The number of thioether (sulfide) groups is 1. The normalized spacial score (nSPS) is 23.4. The molecule has 2 aromatic rings. The van der Waals surface area contributed by atoms with Gasteiger partial charge >= 0.3 is 5.69 Å². The van der Waals surface area contributed by atoms with Gasteiger partial charge in [-0.1, -0.05) is 24.8 Å². The molecule has 0 amide bonds. The van der Waals surface area contributed by atoms with Crippen molar-refractivity contribution in [1.29, 1.82) is 0 Å². The first-order valence-electron chi connectivity index (χ1n) is 9.00. The van der Waals surface area contributed by atoms with Gasteiger partial charge < -0.3 is 14.7 Å². The minimum absolute atomic E-state index is 0.0809. The quantitative estimate of drug-likeness (QED) is 0.603. The second-order valence-corrected chi connectivity index (χ2v) is 7.67. The molecule has 146 valence electrons. The minimum atomic E-state index is -0.593. The summed E-state index contributed by atoms with van der Waals surface area (Å²) in [6.45, 7) is 2.12. The summed E-state index contributed by atoms with van der Waals surface area (Å²) in [6, 6.07) is 8.50. The average Bonchev–Trinajstić information content (AvgIpc) is 3.27. The molecule has 0 aliphatic carbocycles. The Labute approximate surface area is 166 Å². The van der Waals surface area contributed by atoms with Crippen LogP contribution >= 0.6 is 11.8 Å². The zero-order chi connectivity index (χ0) is 19.8. The fraction of sp³-hybridized carbons (Fsp3) is 0.368. The van der Waals surface area contributed by atoms with E-state index in [0.29, 0.717) is 5.56 Å². The molecular weight excluding hydrogens is 380 g/mol. The Kier molecular flexibility index (Phi) is 4.84. The Morgan fingerprint density at radius 3 is 2.89 bits per heavy atom. The van der Waals surface area contributed by atoms with E-state index in [9.17, 15) is 15.2 Å². The number of aromatic hydroxyl groups is 1. The number of phenols is 1. The van der Waals surface area contributed by atoms with Crippen molar-refractivity contribution in [2.45, 2.75) is 31.5 Å². The van der Waals surface area contributed by atoms with Gasteiger partial charge in [-0.25, -0.2) is 0 Å². The Morgan fingerprint density at radius 1 is 1.43 bits per heavy atom. The van der Waals surface area contributed by atoms with Crippen LogP contribution in [0.3, 0.4) is 0 Å². The highest BCUT2D eigenvalue weighted by Crippen LogP contribution is 2.50. The van der Waals surface area contributed by atoms with Crippen LogP contribution < -0.4 is 4.74 Å². The lowest BCUT2D eigenvalue weighted by molar-refractivity contribution is -0.386. The van der Waals surface area contributed by atoms with Crippen LogP contribution in [-0.4, -0.2) is 44.0 Å². The molecule has 9 heteroatoms. The van der Waals surface area contributed by atoms with Crippen LogP contribution in [-0.2, 0) is 0 Å². The molecule has 1 saturated heterocycles. The van der Waals surface area contributed by atoms with Crippen molar-refractivity contribution in [2.24, 2.45) is 4.99 Å². The highest BCUT2D eigenvalue weighted by atomic mass is 32.2. The predicted molar refractivity (Wildman–Crippen MR) is 107 cm³/mol. The number of ether oxygens (including phenoxy) is 1. The zero-order valence-corrected chi connectivity index (χ0v) is 16.3. The molecule has 1 aromatic carbocycles. The number of aromatic nitrogens is 1. The lowest BCUT2D eigenvalue weighted by atomic mass is 9.94. The maximum absolute atomic E-state index is 11.5. The van der Waals surface area contributed by atoms with E-state index in [-0.39, 0.29) is 29.6 Å². The average molecular weight is 400 g/mol. The summed E-state index contributed by atoms with van der Waals surface area (Å²) in [5, 5.41) is 22.6. The number of nitro benzene ring substituents is 1. The lowest BCUT2D eigenvalue weighted by Crippen LogP contribution is -2.35. The first kappa shape index (κ1) is 18.5. The largest absolute Gasteiger partial charge is 0.500 e. The molecule has 0 radical (unpaired) electrons. The summed E-state index contributed by atoms with van der Waals surface area (Å²) in [4.78, 5) is 22.5. The van der Waals surface area contributed by atoms with Crippen molar-refractivity contribution in [3.63, 3.8) is 0 Å². The third-order valence-corrected chi connectivity index (χ3v) is 6.29. The third kappa shape index (κ3) is 2.95. The number of hydrogen-bond donors (Lipinski definition) is 1. The number of phenolic OH excluding ortho intramolecular Hbond substituents is 1. The maximum atomic E-state index is 11.5. The Hall–Kier alpha value is -2.81. The molecule has 2 aliphatic heterocycles. The Morgan fingerprint density at radius 2 is 2.25 bits per heavy atom. The number of aliphatic imine (C=N–C) groups is 1. The van der Waals surface area contributed by atoms with E-state index in [2.05, 4.69) is 16.8 Å². The van der Waals surface area contributed by atoms with Crippen LogP contribution in [0.1, 0.15) is 36.7 Å². The second kappa shape index (κ2) is 7.31. The molecule has 1 N–H and O–H groups in total. The number of nitro groups is 1. The zero-order valence-electron chi connectivity index (χ0n) is 15.5. The Bertz CT molecular complexity index is 937. The van der Waals surface area contributed by atoms with Gasteiger partial charge in [0, 0.05) is 24.1 Å². The second-order valence-electron chi connectivity index (χ2n) is 6.68. The van der Waals surface area contributed by atoms with Crippen molar-refractivity contribution < 1.29 is 14.8 Å². The number of nitrogens with zero attached hydrogens (tertiary/aromatic N) is 4. The highest BCUT2D eigenvalue weighted by molar-refractivity contribution is 8.14. The van der Waals surface area contributed by atoms with Gasteiger partial charge in [-0.2, -0.15) is 0 Å². The summed E-state index contributed by atoms with van der Waals surface area (Å²) in [7, 11) is 1.38. The minimum Gasteiger partial charge on any atom is -0.500 e. The molecule has 1 fully saturated rings. The molecule has 1 aromatic heterocycles. The van der Waals surface area contributed by atoms with E-state index in [1.54, 1.807) is 24.0 Å². The van der Waals surface area contributed by atoms with Crippen LogP contribution in [0.2, 0.25) is 0 Å². The molecule has 3 atom stereocenters. The molecule has 0 bridgehead atoms. The number of benzene rings is 1. The molecule has 4 rings (SSSR count). The number of methoxy groups -OCH3 is 1. The summed E-state index contributed by atoms with van der Waals surface area (Å²) < 4.78 is 5.21. The fourth-order valence-electron chi connectivity index (χ4n) is 3.79. The van der Waals surface area contributed by atoms with Crippen LogP contribution in [0, 0.1) is 10.1 Å². The van der Waals surface area contributed by atoms with Gasteiger partial charge in [0.15, 0.2) is 10.9 Å². The molecular formula is C19H20N4O4S. The van der Waals surface area contributed by atoms with Gasteiger partial charge in [0.25, 0.3) is 0 Å². The van der Waals surface area contributed by atoms with Crippen LogP contribution in [0.15, 0.2) is 41.5 Å². The van der Waals surface area contributed by atoms with Gasteiger partial charge in [0.05, 0.1) is 23.8 Å². The topological polar surface area (TPSA) is 101 Å². The number of rotatable bonds is 5.